The minimum Gasteiger partial charge on any atom is -0.497 e. The number of carbonyl (C=O) groups excluding carboxylic acids is 1. The Labute approximate surface area is 166 Å². The highest BCUT2D eigenvalue weighted by molar-refractivity contribution is 5.88. The highest BCUT2D eigenvalue weighted by Gasteiger charge is 2.36. The van der Waals surface area contributed by atoms with Crippen LogP contribution in [0.25, 0.3) is 10.8 Å². The maximum atomic E-state index is 12.2. The van der Waals surface area contributed by atoms with E-state index in [1.165, 1.54) is 12.0 Å². The van der Waals surface area contributed by atoms with Gasteiger partial charge >= 0.3 is 5.97 Å². The number of hydrogen-bond acceptors (Lipinski definition) is 4. The molecule has 6 heteroatoms. The number of carboxylic acids is 1. The molecule has 0 bridgehead atoms. The molecule has 6 nitrogen and oxygen atoms in total. The van der Waals surface area contributed by atoms with E-state index in [0.29, 0.717) is 5.56 Å². The van der Waals surface area contributed by atoms with E-state index >= 15 is 0 Å². The molecular formula is C22H29NO5. The zero-order chi connectivity index (χ0) is 21.1. The van der Waals surface area contributed by atoms with Crippen LogP contribution in [0.5, 0.6) is 5.75 Å². The van der Waals surface area contributed by atoms with Crippen LogP contribution < -0.4 is 4.74 Å². The van der Waals surface area contributed by atoms with Gasteiger partial charge in [-0.15, -0.1) is 0 Å². The number of carbonyl (C=O) groups is 2. The van der Waals surface area contributed by atoms with Crippen molar-refractivity contribution >= 4 is 22.6 Å². The summed E-state index contributed by atoms with van der Waals surface area (Å²) in [5.41, 5.74) is -1.03. The number of hydrogen-bond donors (Lipinski definition) is 1. The third kappa shape index (κ3) is 5.01. The number of benzene rings is 2. The van der Waals surface area contributed by atoms with E-state index in [0.717, 1.165) is 16.5 Å². The summed E-state index contributed by atoms with van der Waals surface area (Å²) in [6, 6.07) is 11.3. The molecule has 152 valence electrons. The Morgan fingerprint density at radius 3 is 2.18 bits per heavy atom. The van der Waals surface area contributed by atoms with Gasteiger partial charge in [-0.2, -0.15) is 0 Å². The molecule has 28 heavy (non-hydrogen) atoms. The number of hydroxylamine groups is 2. The minimum atomic E-state index is -1.16. The van der Waals surface area contributed by atoms with Gasteiger partial charge in [0, 0.05) is 6.92 Å². The molecule has 2 rings (SSSR count). The normalized spacial score (nSPS) is 13.8. The van der Waals surface area contributed by atoms with Crippen molar-refractivity contribution in [3.63, 3.8) is 0 Å². The molecule has 0 spiro atoms. The lowest BCUT2D eigenvalue weighted by molar-refractivity contribution is -0.226. The van der Waals surface area contributed by atoms with Gasteiger partial charge in [0.15, 0.2) is 0 Å². The maximum absolute atomic E-state index is 12.2. The lowest BCUT2D eigenvalue weighted by atomic mass is 9.78. The molecule has 0 aliphatic heterocycles. The van der Waals surface area contributed by atoms with Crippen molar-refractivity contribution in [2.24, 2.45) is 0 Å². The average Bonchev–Trinajstić information content (AvgIpc) is 2.62. The number of amides is 1. The molecule has 0 saturated heterocycles. The van der Waals surface area contributed by atoms with E-state index < -0.39 is 17.0 Å². The number of ether oxygens (including phenoxy) is 1. The lowest BCUT2D eigenvalue weighted by Gasteiger charge is -2.32. The Bertz CT molecular complexity index is 871. The van der Waals surface area contributed by atoms with Crippen molar-refractivity contribution in [2.45, 2.75) is 52.1 Å². The van der Waals surface area contributed by atoms with Crippen LogP contribution in [0.2, 0.25) is 0 Å². The third-order valence-electron chi connectivity index (χ3n) is 4.71. The summed E-state index contributed by atoms with van der Waals surface area (Å²) in [6.07, 6.45) is 0.222. The predicted octanol–water partition coefficient (Wildman–Crippen LogP) is 4.16. The molecule has 0 fully saturated rings. The van der Waals surface area contributed by atoms with Crippen LogP contribution in [0, 0.1) is 0 Å². The monoisotopic (exact) mass is 387 g/mol. The first-order valence-corrected chi connectivity index (χ1v) is 9.25. The minimum absolute atomic E-state index is 0.177. The van der Waals surface area contributed by atoms with E-state index in [1.54, 1.807) is 14.0 Å². The summed E-state index contributed by atoms with van der Waals surface area (Å²) >= 11 is 0. The topological polar surface area (TPSA) is 76.1 Å². The standard InChI is InChI=1S/C22H29NO5/c1-15(24)23(28-21(2,3)4)12-11-22(5,20(25)26)18-9-7-17-14-19(27-6)10-8-16(17)13-18/h7-10,13-14H,11-12H2,1-6H3,(H,25,26)/t22-/m0/s1. The molecule has 0 heterocycles. The first kappa shape index (κ1) is 21.7. The van der Waals surface area contributed by atoms with Crippen molar-refractivity contribution in [3.8, 4) is 5.75 Å². The first-order chi connectivity index (χ1) is 13.0. The summed E-state index contributed by atoms with van der Waals surface area (Å²) in [4.78, 5) is 29.8. The lowest BCUT2D eigenvalue weighted by Crippen LogP contribution is -2.42. The maximum Gasteiger partial charge on any atom is 0.313 e. The number of nitrogens with zero attached hydrogens (tertiary/aromatic N) is 1. The second-order valence-electron chi connectivity index (χ2n) is 8.14. The fraction of sp³-hybridized carbons (Fsp3) is 0.455. The summed E-state index contributed by atoms with van der Waals surface area (Å²) in [5, 5.41) is 13.1. The zero-order valence-corrected chi connectivity index (χ0v) is 17.4. The van der Waals surface area contributed by atoms with Crippen LogP contribution in [0.3, 0.4) is 0 Å². The van der Waals surface area contributed by atoms with E-state index in [1.807, 2.05) is 57.2 Å². The van der Waals surface area contributed by atoms with Crippen molar-refractivity contribution < 1.29 is 24.3 Å². The van der Waals surface area contributed by atoms with Crippen LogP contribution in [-0.2, 0) is 19.8 Å². The molecular weight excluding hydrogens is 358 g/mol. The van der Waals surface area contributed by atoms with Crippen molar-refractivity contribution in [1.82, 2.24) is 5.06 Å². The summed E-state index contributed by atoms with van der Waals surface area (Å²) in [6.45, 7) is 8.80. The predicted molar refractivity (Wildman–Crippen MR) is 108 cm³/mol. The first-order valence-electron chi connectivity index (χ1n) is 9.25. The van der Waals surface area contributed by atoms with Gasteiger partial charge < -0.3 is 9.84 Å². The van der Waals surface area contributed by atoms with Gasteiger partial charge in [0.1, 0.15) is 5.75 Å². The average molecular weight is 387 g/mol. The Morgan fingerprint density at radius 2 is 1.64 bits per heavy atom. The molecule has 0 unspecified atom stereocenters. The second kappa shape index (κ2) is 8.19. The number of aliphatic carboxylic acids is 1. The summed E-state index contributed by atoms with van der Waals surface area (Å²) in [7, 11) is 1.61. The highest BCUT2D eigenvalue weighted by atomic mass is 16.7. The number of carboxylic acid groups (broad SMARTS) is 1. The molecule has 2 aromatic rings. The van der Waals surface area contributed by atoms with Crippen molar-refractivity contribution in [1.29, 1.82) is 0 Å². The van der Waals surface area contributed by atoms with Gasteiger partial charge in [0.05, 0.1) is 24.7 Å². The molecule has 1 atom stereocenters. The molecule has 0 aromatic heterocycles. The SMILES string of the molecule is COc1ccc2cc([C@](C)(CCN(OC(C)(C)C)C(C)=O)C(=O)O)ccc2c1. The third-order valence-corrected chi connectivity index (χ3v) is 4.71. The number of fused-ring (bicyclic) bond motifs is 1. The van der Waals surface area contributed by atoms with E-state index in [2.05, 4.69) is 0 Å². The smallest absolute Gasteiger partial charge is 0.313 e. The molecule has 0 radical (unpaired) electrons. The zero-order valence-electron chi connectivity index (χ0n) is 17.4. The fourth-order valence-corrected chi connectivity index (χ4v) is 2.99. The Hall–Kier alpha value is -2.60. The van der Waals surface area contributed by atoms with Crippen LogP contribution in [0.4, 0.5) is 0 Å². The Morgan fingerprint density at radius 1 is 1.04 bits per heavy atom. The van der Waals surface area contributed by atoms with Crippen LogP contribution in [-0.4, -0.2) is 41.3 Å². The molecule has 0 aliphatic carbocycles. The fourth-order valence-electron chi connectivity index (χ4n) is 2.99. The van der Waals surface area contributed by atoms with Gasteiger partial charge in [-0.05, 0) is 62.6 Å². The summed E-state index contributed by atoms with van der Waals surface area (Å²) < 4.78 is 5.24. The second-order valence-corrected chi connectivity index (χ2v) is 8.14. The van der Waals surface area contributed by atoms with Gasteiger partial charge in [0.2, 0.25) is 5.91 Å². The van der Waals surface area contributed by atoms with Gasteiger partial charge in [0.25, 0.3) is 0 Å². The summed E-state index contributed by atoms with van der Waals surface area (Å²) in [5.74, 6) is -0.453. The number of methoxy groups -OCH3 is 1. The molecule has 0 aliphatic rings. The number of rotatable bonds is 7. The Kier molecular flexibility index (Phi) is 6.34. The van der Waals surface area contributed by atoms with Crippen LogP contribution >= 0.6 is 0 Å². The van der Waals surface area contributed by atoms with Crippen LogP contribution in [0.1, 0.15) is 46.6 Å². The molecule has 1 amide bonds. The van der Waals surface area contributed by atoms with Crippen LogP contribution in [0.15, 0.2) is 36.4 Å². The van der Waals surface area contributed by atoms with Crippen molar-refractivity contribution in [2.75, 3.05) is 13.7 Å². The molecule has 2 aromatic carbocycles. The van der Waals surface area contributed by atoms with E-state index in [-0.39, 0.29) is 18.9 Å². The molecule has 0 saturated carbocycles. The quantitative estimate of drug-likeness (QED) is 0.722. The largest absolute Gasteiger partial charge is 0.497 e. The van der Waals surface area contributed by atoms with Gasteiger partial charge in [-0.3, -0.25) is 14.4 Å². The van der Waals surface area contributed by atoms with E-state index in [4.69, 9.17) is 9.57 Å². The Balaban J connectivity index is 2.33. The van der Waals surface area contributed by atoms with Gasteiger partial charge in [-0.1, -0.05) is 24.3 Å². The van der Waals surface area contributed by atoms with Gasteiger partial charge in [-0.25, -0.2) is 5.06 Å². The molecule has 1 N–H and O–H groups in total. The van der Waals surface area contributed by atoms with E-state index in [9.17, 15) is 14.7 Å². The van der Waals surface area contributed by atoms with Crippen molar-refractivity contribution in [3.05, 3.63) is 42.0 Å². The highest BCUT2D eigenvalue weighted by Crippen LogP contribution is 2.32.